The average Bonchev–Trinajstić information content (AvgIpc) is 2.45. The van der Waals surface area contributed by atoms with Gasteiger partial charge in [-0.25, -0.2) is 0 Å². The van der Waals surface area contributed by atoms with Gasteiger partial charge in [-0.05, 0) is 78.2 Å². The summed E-state index contributed by atoms with van der Waals surface area (Å²) in [6.45, 7) is 3.10. The summed E-state index contributed by atoms with van der Waals surface area (Å²) in [7, 11) is 0. The number of halogens is 1. The Hall–Kier alpha value is -1.07. The zero-order chi connectivity index (χ0) is 14.4. The molecular formula is C17H20INO. The second-order valence-electron chi connectivity index (χ2n) is 4.97. The molecule has 2 nitrogen and oxygen atoms in total. The number of phenols is 1. The van der Waals surface area contributed by atoms with Gasteiger partial charge in [-0.2, -0.15) is 0 Å². The van der Waals surface area contributed by atoms with Crippen LogP contribution >= 0.6 is 22.6 Å². The molecule has 0 amide bonds. The van der Waals surface area contributed by atoms with Crippen LogP contribution in [0.15, 0.2) is 48.5 Å². The summed E-state index contributed by atoms with van der Waals surface area (Å²) < 4.78 is 1.34. The lowest BCUT2D eigenvalue weighted by Crippen LogP contribution is -2.20. The molecule has 0 aliphatic carbocycles. The molecule has 0 saturated carbocycles. The summed E-state index contributed by atoms with van der Waals surface area (Å²) in [5.74, 6) is 0.329. The maximum Gasteiger partial charge on any atom is 0.115 e. The summed E-state index contributed by atoms with van der Waals surface area (Å²) in [4.78, 5) is 0. The van der Waals surface area contributed by atoms with Gasteiger partial charge < -0.3 is 10.4 Å². The van der Waals surface area contributed by atoms with Crippen molar-refractivity contribution in [2.45, 2.75) is 25.8 Å². The van der Waals surface area contributed by atoms with Crippen LogP contribution in [0.25, 0.3) is 0 Å². The van der Waals surface area contributed by atoms with E-state index in [1.807, 2.05) is 18.2 Å². The predicted octanol–water partition coefficient (Wildman–Crippen LogP) is 4.28. The molecule has 0 aromatic heterocycles. The molecule has 1 atom stereocenters. The molecule has 2 aromatic rings. The van der Waals surface area contributed by atoms with Crippen LogP contribution in [0.5, 0.6) is 5.75 Å². The van der Waals surface area contributed by atoms with Crippen molar-refractivity contribution in [2.24, 2.45) is 0 Å². The molecule has 0 bridgehead atoms. The SMILES string of the molecule is C[C@@H](NCCCc1ccccc1I)c1cccc(O)c1. The zero-order valence-corrected chi connectivity index (χ0v) is 13.8. The van der Waals surface area contributed by atoms with Gasteiger partial charge in [0.2, 0.25) is 0 Å². The van der Waals surface area contributed by atoms with Gasteiger partial charge in [0.15, 0.2) is 0 Å². The molecule has 0 fully saturated rings. The van der Waals surface area contributed by atoms with E-state index in [2.05, 4.69) is 59.1 Å². The normalized spacial score (nSPS) is 12.3. The molecule has 106 valence electrons. The second-order valence-corrected chi connectivity index (χ2v) is 6.13. The third kappa shape index (κ3) is 4.49. The molecule has 20 heavy (non-hydrogen) atoms. The van der Waals surface area contributed by atoms with Gasteiger partial charge in [0, 0.05) is 9.61 Å². The van der Waals surface area contributed by atoms with E-state index in [0.717, 1.165) is 24.9 Å². The third-order valence-corrected chi connectivity index (χ3v) is 4.45. The standard InChI is InChI=1S/C17H20INO/c1-13(15-7-4-9-16(20)12-15)19-11-5-8-14-6-2-3-10-17(14)18/h2-4,6-7,9-10,12-13,19-20H,5,8,11H2,1H3/t13-/m1/s1. The van der Waals surface area contributed by atoms with Crippen LogP contribution in [0.4, 0.5) is 0 Å². The maximum absolute atomic E-state index is 9.48. The molecule has 0 spiro atoms. The first-order valence-electron chi connectivity index (χ1n) is 6.92. The minimum atomic E-state index is 0.261. The molecular weight excluding hydrogens is 361 g/mol. The van der Waals surface area contributed by atoms with E-state index >= 15 is 0 Å². The summed E-state index contributed by atoms with van der Waals surface area (Å²) in [5, 5.41) is 13.0. The fourth-order valence-corrected chi connectivity index (χ4v) is 2.87. The van der Waals surface area contributed by atoms with Gasteiger partial charge in [0.1, 0.15) is 5.75 Å². The lowest BCUT2D eigenvalue weighted by Gasteiger charge is -2.14. The topological polar surface area (TPSA) is 32.3 Å². The van der Waals surface area contributed by atoms with Crippen molar-refractivity contribution in [3.8, 4) is 5.75 Å². The van der Waals surface area contributed by atoms with E-state index in [9.17, 15) is 5.11 Å². The molecule has 0 radical (unpaired) electrons. The molecule has 0 aliphatic heterocycles. The van der Waals surface area contributed by atoms with Crippen molar-refractivity contribution < 1.29 is 5.11 Å². The average molecular weight is 381 g/mol. The first-order chi connectivity index (χ1) is 9.66. The Kier molecular flexibility index (Phi) is 5.86. The Balaban J connectivity index is 1.77. The Bertz CT molecular complexity index is 556. The van der Waals surface area contributed by atoms with E-state index < -0.39 is 0 Å². The lowest BCUT2D eigenvalue weighted by molar-refractivity contribution is 0.472. The number of hydrogen-bond acceptors (Lipinski definition) is 2. The number of benzene rings is 2. The molecule has 2 N–H and O–H groups in total. The highest BCUT2D eigenvalue weighted by Gasteiger charge is 2.05. The van der Waals surface area contributed by atoms with Gasteiger partial charge in [-0.1, -0.05) is 30.3 Å². The Labute approximate surface area is 134 Å². The largest absolute Gasteiger partial charge is 0.508 e. The zero-order valence-electron chi connectivity index (χ0n) is 11.6. The van der Waals surface area contributed by atoms with Crippen LogP contribution in [0, 0.1) is 3.57 Å². The first kappa shape index (κ1) is 15.3. The molecule has 2 aromatic carbocycles. The Morgan fingerprint density at radius 1 is 1.15 bits per heavy atom. The van der Waals surface area contributed by atoms with Crippen LogP contribution in [-0.2, 0) is 6.42 Å². The fourth-order valence-electron chi connectivity index (χ4n) is 2.21. The van der Waals surface area contributed by atoms with Gasteiger partial charge in [-0.3, -0.25) is 0 Å². The quantitative estimate of drug-likeness (QED) is 0.578. The van der Waals surface area contributed by atoms with Gasteiger partial charge >= 0.3 is 0 Å². The number of rotatable bonds is 6. The number of hydrogen-bond donors (Lipinski definition) is 2. The van der Waals surface area contributed by atoms with Crippen molar-refractivity contribution in [3.05, 3.63) is 63.2 Å². The van der Waals surface area contributed by atoms with Crippen molar-refractivity contribution in [1.82, 2.24) is 5.32 Å². The number of aromatic hydroxyl groups is 1. The molecule has 0 heterocycles. The third-order valence-electron chi connectivity index (χ3n) is 3.40. The van der Waals surface area contributed by atoms with Crippen molar-refractivity contribution in [2.75, 3.05) is 6.54 Å². The minimum Gasteiger partial charge on any atom is -0.508 e. The Morgan fingerprint density at radius 3 is 2.70 bits per heavy atom. The molecule has 0 unspecified atom stereocenters. The van der Waals surface area contributed by atoms with Crippen molar-refractivity contribution >= 4 is 22.6 Å². The van der Waals surface area contributed by atoms with Gasteiger partial charge in [0.25, 0.3) is 0 Å². The van der Waals surface area contributed by atoms with Crippen LogP contribution in [0.3, 0.4) is 0 Å². The summed E-state index contributed by atoms with van der Waals surface area (Å²) in [5.41, 5.74) is 2.54. The molecule has 0 aliphatic rings. The molecule has 2 rings (SSSR count). The van der Waals surface area contributed by atoms with Gasteiger partial charge in [0.05, 0.1) is 0 Å². The highest BCUT2D eigenvalue weighted by molar-refractivity contribution is 14.1. The lowest BCUT2D eigenvalue weighted by atomic mass is 10.1. The molecule has 0 saturated heterocycles. The monoisotopic (exact) mass is 381 g/mol. The number of phenolic OH excluding ortho intramolecular Hbond substituents is 1. The molecule has 3 heteroatoms. The van der Waals surface area contributed by atoms with E-state index in [1.54, 1.807) is 6.07 Å². The predicted molar refractivity (Wildman–Crippen MR) is 92.0 cm³/mol. The van der Waals surface area contributed by atoms with E-state index in [-0.39, 0.29) is 6.04 Å². The van der Waals surface area contributed by atoms with Gasteiger partial charge in [-0.15, -0.1) is 0 Å². The summed E-state index contributed by atoms with van der Waals surface area (Å²) in [6, 6.07) is 16.2. The minimum absolute atomic E-state index is 0.261. The maximum atomic E-state index is 9.48. The summed E-state index contributed by atoms with van der Waals surface area (Å²) >= 11 is 2.39. The number of nitrogens with one attached hydrogen (secondary N) is 1. The van der Waals surface area contributed by atoms with Crippen molar-refractivity contribution in [3.63, 3.8) is 0 Å². The smallest absolute Gasteiger partial charge is 0.115 e. The first-order valence-corrected chi connectivity index (χ1v) is 8.00. The van der Waals surface area contributed by atoms with Crippen LogP contribution < -0.4 is 5.32 Å². The van der Waals surface area contributed by atoms with E-state index in [1.165, 1.54) is 9.13 Å². The number of aryl methyl sites for hydroxylation is 1. The van der Waals surface area contributed by atoms with E-state index in [4.69, 9.17) is 0 Å². The second kappa shape index (κ2) is 7.64. The van der Waals surface area contributed by atoms with Crippen LogP contribution in [-0.4, -0.2) is 11.7 Å². The highest BCUT2D eigenvalue weighted by atomic mass is 127. The van der Waals surface area contributed by atoms with E-state index in [0.29, 0.717) is 5.75 Å². The summed E-state index contributed by atoms with van der Waals surface area (Å²) in [6.07, 6.45) is 2.21. The van der Waals surface area contributed by atoms with Crippen molar-refractivity contribution in [1.29, 1.82) is 0 Å². The fraction of sp³-hybridized carbons (Fsp3) is 0.294. The van der Waals surface area contributed by atoms with Crippen LogP contribution in [0.2, 0.25) is 0 Å². The Morgan fingerprint density at radius 2 is 1.95 bits per heavy atom. The highest BCUT2D eigenvalue weighted by Crippen LogP contribution is 2.18. The van der Waals surface area contributed by atoms with Crippen LogP contribution in [0.1, 0.15) is 30.5 Å².